The van der Waals surface area contributed by atoms with E-state index in [1.54, 1.807) is 19.1 Å². The molecule has 0 spiro atoms. The number of nitro groups is 1. The van der Waals surface area contributed by atoms with Crippen molar-refractivity contribution >= 4 is 40.3 Å². The van der Waals surface area contributed by atoms with Gasteiger partial charge in [-0.2, -0.15) is 0 Å². The van der Waals surface area contributed by atoms with Gasteiger partial charge in [0.15, 0.2) is 5.69 Å². The lowest BCUT2D eigenvalue weighted by Crippen LogP contribution is -1.98. The molecular weight excluding hydrogens is 378 g/mol. The fraction of sp³-hybridized carbons (Fsp3) is 0.0952. The van der Waals surface area contributed by atoms with E-state index in [9.17, 15) is 10.1 Å². The Kier molecular flexibility index (Phi) is 4.71. The second-order valence-electron chi connectivity index (χ2n) is 6.39. The van der Waals surface area contributed by atoms with Crippen molar-refractivity contribution in [2.45, 2.75) is 13.5 Å². The largest absolute Gasteiger partial charge is 0.349 e. The van der Waals surface area contributed by atoms with E-state index in [-0.39, 0.29) is 17.1 Å². The molecule has 28 heavy (non-hydrogen) atoms. The minimum absolute atomic E-state index is 0.115. The number of fused-ring (bicyclic) bond motifs is 1. The first-order valence-corrected chi connectivity index (χ1v) is 9.02. The van der Waals surface area contributed by atoms with Crippen LogP contribution < -0.4 is 0 Å². The van der Waals surface area contributed by atoms with Crippen molar-refractivity contribution in [3.63, 3.8) is 0 Å². The second kappa shape index (κ2) is 7.32. The molecule has 0 aliphatic heterocycles. The highest BCUT2D eigenvalue weighted by Crippen LogP contribution is 2.28. The van der Waals surface area contributed by atoms with Gasteiger partial charge in [-0.15, -0.1) is 0 Å². The summed E-state index contributed by atoms with van der Waals surface area (Å²) in [6, 6.07) is 15.7. The van der Waals surface area contributed by atoms with Gasteiger partial charge in [-0.1, -0.05) is 53.2 Å². The molecule has 2 heterocycles. The number of aromatic nitrogens is 2. The minimum atomic E-state index is -0.480. The Hall–Kier alpha value is -3.38. The van der Waals surface area contributed by atoms with Crippen molar-refractivity contribution in [3.8, 4) is 0 Å². The van der Waals surface area contributed by atoms with Crippen LogP contribution in [-0.2, 0) is 6.54 Å². The van der Waals surface area contributed by atoms with Gasteiger partial charge in [-0.3, -0.25) is 10.1 Å². The van der Waals surface area contributed by atoms with E-state index < -0.39 is 4.92 Å². The molecule has 0 aliphatic rings. The summed E-state index contributed by atoms with van der Waals surface area (Å²) in [7, 11) is 0. The number of nitrogens with zero attached hydrogens (tertiary/aromatic N) is 3. The van der Waals surface area contributed by atoms with Gasteiger partial charge in [-0.25, -0.2) is 0 Å². The Morgan fingerprint density at radius 1 is 1.18 bits per heavy atom. The van der Waals surface area contributed by atoms with E-state index in [2.05, 4.69) is 9.72 Å². The van der Waals surface area contributed by atoms with Crippen molar-refractivity contribution in [3.05, 3.63) is 92.4 Å². The first-order chi connectivity index (χ1) is 13.5. The van der Waals surface area contributed by atoms with E-state index in [4.69, 9.17) is 16.1 Å². The van der Waals surface area contributed by atoms with Gasteiger partial charge in [0.25, 0.3) is 0 Å². The molecule has 0 saturated carbocycles. The van der Waals surface area contributed by atoms with Gasteiger partial charge >= 0.3 is 5.69 Å². The zero-order valence-corrected chi connectivity index (χ0v) is 15.8. The first-order valence-electron chi connectivity index (χ1n) is 8.64. The van der Waals surface area contributed by atoms with E-state index in [0.717, 1.165) is 22.0 Å². The third kappa shape index (κ3) is 3.30. The fourth-order valence-electron chi connectivity index (χ4n) is 3.23. The van der Waals surface area contributed by atoms with Crippen molar-refractivity contribution in [1.29, 1.82) is 0 Å². The topological polar surface area (TPSA) is 74.1 Å². The molecule has 4 rings (SSSR count). The minimum Gasteiger partial charge on any atom is -0.349 e. The molecule has 2 aromatic heterocycles. The Morgan fingerprint density at radius 3 is 2.71 bits per heavy atom. The van der Waals surface area contributed by atoms with Crippen LogP contribution in [0, 0.1) is 17.0 Å². The van der Waals surface area contributed by atoms with Crippen LogP contribution in [0.5, 0.6) is 0 Å². The summed E-state index contributed by atoms with van der Waals surface area (Å²) in [5, 5.41) is 16.7. The highest BCUT2D eigenvalue weighted by atomic mass is 35.5. The van der Waals surface area contributed by atoms with E-state index in [1.807, 2.05) is 54.7 Å². The van der Waals surface area contributed by atoms with Crippen LogP contribution in [0.25, 0.3) is 23.1 Å². The Balaban J connectivity index is 1.75. The van der Waals surface area contributed by atoms with Crippen molar-refractivity contribution in [2.75, 3.05) is 0 Å². The third-order valence-corrected chi connectivity index (χ3v) is 4.94. The van der Waals surface area contributed by atoms with Gasteiger partial charge in [-0.05, 0) is 36.8 Å². The van der Waals surface area contributed by atoms with Crippen LogP contribution >= 0.6 is 11.6 Å². The Bertz CT molecular complexity index is 1210. The highest BCUT2D eigenvalue weighted by molar-refractivity contribution is 6.31. The first kappa shape index (κ1) is 18.0. The van der Waals surface area contributed by atoms with Gasteiger partial charge in [0, 0.05) is 34.2 Å². The van der Waals surface area contributed by atoms with Crippen LogP contribution in [0.4, 0.5) is 5.69 Å². The summed E-state index contributed by atoms with van der Waals surface area (Å²) in [5.41, 5.74) is 3.13. The van der Waals surface area contributed by atoms with Crippen molar-refractivity contribution < 1.29 is 9.45 Å². The number of benzene rings is 2. The van der Waals surface area contributed by atoms with Crippen molar-refractivity contribution in [2.24, 2.45) is 0 Å². The molecule has 0 unspecified atom stereocenters. The summed E-state index contributed by atoms with van der Waals surface area (Å²) in [5.74, 6) is 0.130. The number of hydrogen-bond donors (Lipinski definition) is 0. The lowest BCUT2D eigenvalue weighted by molar-refractivity contribution is -0.386. The summed E-state index contributed by atoms with van der Waals surface area (Å²) in [6.07, 6.45) is 5.39. The lowest BCUT2D eigenvalue weighted by Gasteiger charge is -2.07. The molecule has 0 amide bonds. The molecule has 0 bridgehead atoms. The van der Waals surface area contributed by atoms with E-state index in [0.29, 0.717) is 11.6 Å². The smallest absolute Gasteiger partial charge is 0.338 e. The van der Waals surface area contributed by atoms with Crippen LogP contribution in [0.15, 0.2) is 59.3 Å². The molecule has 140 valence electrons. The second-order valence-corrected chi connectivity index (χ2v) is 6.80. The average Bonchev–Trinajstić information content (AvgIpc) is 3.22. The maximum Gasteiger partial charge on any atom is 0.338 e. The summed E-state index contributed by atoms with van der Waals surface area (Å²) < 4.78 is 7.21. The number of para-hydroxylation sites is 1. The number of rotatable bonds is 5. The maximum absolute atomic E-state index is 11.2. The van der Waals surface area contributed by atoms with Gasteiger partial charge in [0.1, 0.15) is 0 Å². The molecule has 2 aromatic carbocycles. The van der Waals surface area contributed by atoms with Gasteiger partial charge < -0.3 is 9.09 Å². The van der Waals surface area contributed by atoms with E-state index >= 15 is 0 Å². The van der Waals surface area contributed by atoms with Gasteiger partial charge in [0.05, 0.1) is 4.92 Å². The standard InChI is InChI=1S/C21H16ClN3O3/c1-14-21(25(26)27)20(28-23-14)11-10-15-12-24(19-9-5-3-7-17(15)19)13-16-6-2-4-8-18(16)22/h2-12H,13H2,1H3. The molecule has 0 aliphatic carbocycles. The molecular formula is C21H16ClN3O3. The Labute approximate surface area is 165 Å². The predicted molar refractivity (Wildman–Crippen MR) is 109 cm³/mol. The summed E-state index contributed by atoms with van der Waals surface area (Å²) >= 11 is 6.31. The molecule has 0 saturated heterocycles. The number of hydrogen-bond acceptors (Lipinski definition) is 4. The summed E-state index contributed by atoms with van der Waals surface area (Å²) in [6.45, 7) is 2.17. The average molecular weight is 394 g/mol. The van der Waals surface area contributed by atoms with E-state index in [1.165, 1.54) is 0 Å². The molecule has 6 nitrogen and oxygen atoms in total. The molecule has 0 fully saturated rings. The zero-order chi connectivity index (χ0) is 19.7. The molecule has 7 heteroatoms. The lowest BCUT2D eigenvalue weighted by atomic mass is 10.1. The molecule has 0 radical (unpaired) electrons. The van der Waals surface area contributed by atoms with Crippen LogP contribution in [0.3, 0.4) is 0 Å². The van der Waals surface area contributed by atoms with Crippen molar-refractivity contribution in [1.82, 2.24) is 9.72 Å². The van der Waals surface area contributed by atoms with Crippen LogP contribution in [-0.4, -0.2) is 14.6 Å². The molecule has 4 aromatic rings. The molecule has 0 atom stereocenters. The monoisotopic (exact) mass is 393 g/mol. The normalized spacial score (nSPS) is 11.5. The van der Waals surface area contributed by atoms with Crippen LogP contribution in [0.2, 0.25) is 5.02 Å². The number of aryl methyl sites for hydroxylation is 1. The maximum atomic E-state index is 11.2. The van der Waals surface area contributed by atoms with Gasteiger partial charge in [0.2, 0.25) is 5.76 Å². The third-order valence-electron chi connectivity index (χ3n) is 4.57. The fourth-order valence-corrected chi connectivity index (χ4v) is 3.42. The quantitative estimate of drug-likeness (QED) is 0.321. The SMILES string of the molecule is Cc1noc(C=Cc2cn(Cc3ccccc3Cl)c3ccccc23)c1[N+](=O)[O-]. The predicted octanol–water partition coefficient (Wildman–Crippen LogP) is 5.72. The Morgan fingerprint density at radius 2 is 1.93 bits per heavy atom. The highest BCUT2D eigenvalue weighted by Gasteiger charge is 2.22. The zero-order valence-electron chi connectivity index (χ0n) is 15.0. The van der Waals surface area contributed by atoms with Crippen LogP contribution in [0.1, 0.15) is 22.6 Å². The molecule has 0 N–H and O–H groups in total. The number of halogens is 1. The summed E-state index contributed by atoms with van der Waals surface area (Å²) in [4.78, 5) is 10.7.